The average molecular weight is 401 g/mol. The molecule has 0 bridgehead atoms. The van der Waals surface area contributed by atoms with Crippen molar-refractivity contribution in [1.29, 1.82) is 0 Å². The molecule has 0 atom stereocenters. The summed E-state index contributed by atoms with van der Waals surface area (Å²) >= 11 is 1.95. The molecule has 0 aliphatic carbocycles. The van der Waals surface area contributed by atoms with Gasteiger partial charge in [0.05, 0.1) is 16.9 Å². The Balaban J connectivity index is 2.50. The van der Waals surface area contributed by atoms with Gasteiger partial charge in [0, 0.05) is 9.13 Å². The first-order valence-corrected chi connectivity index (χ1v) is 6.91. The van der Waals surface area contributed by atoms with Crippen LogP contribution in [0.1, 0.15) is 15.9 Å². The van der Waals surface area contributed by atoms with E-state index in [2.05, 4.69) is 11.9 Å². The van der Waals surface area contributed by atoms with E-state index in [0.29, 0.717) is 3.57 Å². The third-order valence-electron chi connectivity index (χ3n) is 2.79. The van der Waals surface area contributed by atoms with Gasteiger partial charge in [-0.1, -0.05) is 12.7 Å². The Hall–Kier alpha value is -1.96. The summed E-state index contributed by atoms with van der Waals surface area (Å²) in [5.74, 6) is -2.43. The van der Waals surface area contributed by atoms with Gasteiger partial charge in [0.15, 0.2) is 0 Å². The van der Waals surface area contributed by atoms with Crippen molar-refractivity contribution in [2.75, 3.05) is 5.32 Å². The number of anilines is 2. The molecule has 0 saturated heterocycles. The largest absolute Gasteiger partial charge is 0.478 e. The lowest BCUT2D eigenvalue weighted by atomic mass is 10.1. The minimum absolute atomic E-state index is 0.0225. The lowest BCUT2D eigenvalue weighted by Crippen LogP contribution is -2.05. The molecule has 0 spiro atoms. The van der Waals surface area contributed by atoms with Gasteiger partial charge in [0.2, 0.25) is 0 Å². The van der Waals surface area contributed by atoms with Crippen LogP contribution in [-0.2, 0) is 0 Å². The molecule has 0 aliphatic heterocycles. The third-order valence-corrected chi connectivity index (χ3v) is 3.46. The maximum Gasteiger partial charge on any atom is 0.337 e. The molecule has 2 rings (SSSR count). The van der Waals surface area contributed by atoms with Crippen molar-refractivity contribution in [2.45, 2.75) is 0 Å². The molecule has 0 unspecified atom stereocenters. The van der Waals surface area contributed by atoms with Crippen LogP contribution in [0.5, 0.6) is 0 Å². The number of aromatic carboxylic acids is 1. The molecule has 0 aromatic heterocycles. The fourth-order valence-corrected chi connectivity index (χ4v) is 2.22. The summed E-state index contributed by atoms with van der Waals surface area (Å²) in [6.45, 7) is 3.42. The summed E-state index contributed by atoms with van der Waals surface area (Å²) in [7, 11) is 0. The minimum Gasteiger partial charge on any atom is -0.478 e. The van der Waals surface area contributed by atoms with Gasteiger partial charge in [-0.15, -0.1) is 0 Å². The smallest absolute Gasteiger partial charge is 0.337 e. The quantitative estimate of drug-likeness (QED) is 0.734. The van der Waals surface area contributed by atoms with Crippen LogP contribution in [-0.4, -0.2) is 11.1 Å². The number of carboxylic acid groups (broad SMARTS) is 1. The molecule has 6 heteroatoms. The zero-order valence-corrected chi connectivity index (χ0v) is 12.8. The lowest BCUT2D eigenvalue weighted by molar-refractivity contribution is 0.0698. The van der Waals surface area contributed by atoms with Gasteiger partial charge in [0.1, 0.15) is 11.6 Å². The van der Waals surface area contributed by atoms with Crippen LogP contribution < -0.4 is 5.32 Å². The van der Waals surface area contributed by atoms with E-state index >= 15 is 0 Å². The van der Waals surface area contributed by atoms with E-state index in [-0.39, 0.29) is 22.5 Å². The van der Waals surface area contributed by atoms with Crippen LogP contribution >= 0.6 is 22.6 Å². The highest BCUT2D eigenvalue weighted by Gasteiger charge is 2.15. The van der Waals surface area contributed by atoms with Crippen molar-refractivity contribution in [3.63, 3.8) is 0 Å². The van der Waals surface area contributed by atoms with Crippen molar-refractivity contribution in [3.8, 4) is 0 Å². The standard InChI is InChI=1S/C15H10F2INO2/c1-2-8-5-10(15(20)21)14(7-11(8)16)19-13-4-3-9(18)6-12(13)17/h2-7,19H,1H2,(H,20,21). The molecule has 21 heavy (non-hydrogen) atoms. The molecule has 0 aliphatic rings. The van der Waals surface area contributed by atoms with E-state index < -0.39 is 17.6 Å². The number of benzene rings is 2. The zero-order chi connectivity index (χ0) is 15.6. The molecule has 3 nitrogen and oxygen atoms in total. The number of carboxylic acids is 1. The van der Waals surface area contributed by atoms with Crippen molar-refractivity contribution in [3.05, 3.63) is 63.2 Å². The second kappa shape index (κ2) is 6.21. The van der Waals surface area contributed by atoms with Crippen LogP contribution in [0.4, 0.5) is 20.2 Å². The fourth-order valence-electron chi connectivity index (χ4n) is 1.76. The van der Waals surface area contributed by atoms with Crippen molar-refractivity contribution >= 4 is 46.0 Å². The topological polar surface area (TPSA) is 49.3 Å². The van der Waals surface area contributed by atoms with Crippen LogP contribution in [0, 0.1) is 15.2 Å². The maximum absolute atomic E-state index is 13.8. The van der Waals surface area contributed by atoms with E-state index in [0.717, 1.165) is 12.1 Å². The molecule has 0 radical (unpaired) electrons. The Kier molecular flexibility index (Phi) is 4.56. The molecule has 2 aromatic carbocycles. The van der Waals surface area contributed by atoms with Crippen LogP contribution in [0.3, 0.4) is 0 Å². The molecular weight excluding hydrogens is 391 g/mol. The first-order chi connectivity index (χ1) is 9.92. The molecule has 0 fully saturated rings. The van der Waals surface area contributed by atoms with Crippen molar-refractivity contribution in [2.24, 2.45) is 0 Å². The molecular formula is C15H10F2INO2. The summed E-state index contributed by atoms with van der Waals surface area (Å²) in [4.78, 5) is 11.2. The predicted molar refractivity (Wildman–Crippen MR) is 85.9 cm³/mol. The number of halogens is 3. The first-order valence-electron chi connectivity index (χ1n) is 5.83. The van der Waals surface area contributed by atoms with Crippen LogP contribution in [0.2, 0.25) is 0 Å². The molecule has 2 aromatic rings. The third kappa shape index (κ3) is 3.38. The van der Waals surface area contributed by atoms with E-state index in [4.69, 9.17) is 0 Å². The Morgan fingerprint density at radius 2 is 1.90 bits per heavy atom. The summed E-state index contributed by atoms with van der Waals surface area (Å²) in [5.41, 5.74) is -0.0420. The zero-order valence-electron chi connectivity index (χ0n) is 10.7. The van der Waals surface area contributed by atoms with E-state index in [1.165, 1.54) is 18.2 Å². The number of hydrogen-bond acceptors (Lipinski definition) is 2. The van der Waals surface area contributed by atoms with Gasteiger partial charge in [0.25, 0.3) is 0 Å². The molecule has 0 heterocycles. The molecule has 0 amide bonds. The first kappa shape index (κ1) is 15.4. The normalized spacial score (nSPS) is 10.2. The van der Waals surface area contributed by atoms with Gasteiger partial charge >= 0.3 is 5.97 Å². The summed E-state index contributed by atoms with van der Waals surface area (Å²) in [6.07, 6.45) is 1.22. The van der Waals surface area contributed by atoms with Gasteiger partial charge in [-0.2, -0.15) is 0 Å². The van der Waals surface area contributed by atoms with Crippen LogP contribution in [0.25, 0.3) is 6.08 Å². The molecule has 108 valence electrons. The second-order valence-corrected chi connectivity index (χ2v) is 5.42. The van der Waals surface area contributed by atoms with E-state index in [1.807, 2.05) is 22.6 Å². The van der Waals surface area contributed by atoms with Crippen molar-refractivity contribution < 1.29 is 18.7 Å². The Morgan fingerprint density at radius 3 is 2.48 bits per heavy atom. The number of nitrogens with one attached hydrogen (secondary N) is 1. The van der Waals surface area contributed by atoms with Gasteiger partial charge < -0.3 is 10.4 Å². The highest BCUT2D eigenvalue weighted by atomic mass is 127. The van der Waals surface area contributed by atoms with Crippen LogP contribution in [0.15, 0.2) is 36.9 Å². The number of hydrogen-bond donors (Lipinski definition) is 2. The fraction of sp³-hybridized carbons (Fsp3) is 0. The number of rotatable bonds is 4. The van der Waals surface area contributed by atoms with E-state index in [9.17, 15) is 18.7 Å². The van der Waals surface area contributed by atoms with Crippen molar-refractivity contribution in [1.82, 2.24) is 0 Å². The second-order valence-electron chi connectivity index (χ2n) is 4.18. The lowest BCUT2D eigenvalue weighted by Gasteiger charge is -2.12. The summed E-state index contributed by atoms with van der Waals surface area (Å²) in [6, 6.07) is 6.57. The monoisotopic (exact) mass is 401 g/mol. The summed E-state index contributed by atoms with van der Waals surface area (Å²) in [5, 5.41) is 11.8. The minimum atomic E-state index is -1.24. The highest BCUT2D eigenvalue weighted by Crippen LogP contribution is 2.27. The highest BCUT2D eigenvalue weighted by molar-refractivity contribution is 14.1. The maximum atomic E-state index is 13.8. The van der Waals surface area contributed by atoms with Gasteiger partial charge in [-0.3, -0.25) is 0 Å². The molecule has 2 N–H and O–H groups in total. The number of carbonyl (C=O) groups is 1. The molecule has 0 saturated carbocycles. The average Bonchev–Trinajstić information content (AvgIpc) is 2.41. The van der Waals surface area contributed by atoms with Gasteiger partial charge in [-0.05, 0) is 52.9 Å². The van der Waals surface area contributed by atoms with E-state index in [1.54, 1.807) is 6.07 Å². The SMILES string of the molecule is C=Cc1cc(C(=O)O)c(Nc2ccc(I)cc2F)cc1F. The summed E-state index contributed by atoms with van der Waals surface area (Å²) < 4.78 is 28.2. The Bertz CT molecular complexity index is 732. The Labute approximate surface area is 133 Å². The Morgan fingerprint density at radius 1 is 1.19 bits per heavy atom. The predicted octanol–water partition coefficient (Wildman–Crippen LogP) is 4.65. The van der Waals surface area contributed by atoms with Gasteiger partial charge in [-0.25, -0.2) is 13.6 Å².